The van der Waals surface area contributed by atoms with E-state index in [4.69, 9.17) is 0 Å². The minimum Gasteiger partial charge on any atom is -0.311 e. The van der Waals surface area contributed by atoms with Crippen LogP contribution in [-0.2, 0) is 0 Å². The number of nitrogens with zero attached hydrogens (tertiary/aromatic N) is 1. The van der Waals surface area contributed by atoms with Crippen LogP contribution in [0.2, 0.25) is 0 Å². The molecule has 2 nitrogen and oxygen atoms in total. The quantitative estimate of drug-likeness (QED) is 0.789. The molecule has 0 bridgehead atoms. The van der Waals surface area contributed by atoms with E-state index in [1.807, 2.05) is 0 Å². The van der Waals surface area contributed by atoms with Crippen LogP contribution in [0.1, 0.15) is 46.0 Å². The summed E-state index contributed by atoms with van der Waals surface area (Å²) >= 11 is 0. The van der Waals surface area contributed by atoms with E-state index in [0.717, 1.165) is 29.8 Å². The molecule has 3 fully saturated rings. The van der Waals surface area contributed by atoms with Gasteiger partial charge in [0.2, 0.25) is 0 Å². The maximum Gasteiger partial charge on any atom is 0.0224 e. The second-order valence-corrected chi connectivity index (χ2v) is 7.03. The molecule has 2 aliphatic carbocycles. The first-order chi connectivity index (χ1) is 8.22. The number of nitrogens with one attached hydrogen (secondary N) is 1. The Hall–Kier alpha value is -0.0800. The van der Waals surface area contributed by atoms with E-state index in [0.29, 0.717) is 0 Å². The molecule has 0 aromatic carbocycles. The van der Waals surface area contributed by atoms with E-state index in [9.17, 15) is 0 Å². The summed E-state index contributed by atoms with van der Waals surface area (Å²) in [6, 6.07) is 1.63. The molecule has 0 aromatic heterocycles. The van der Waals surface area contributed by atoms with Gasteiger partial charge in [0.1, 0.15) is 0 Å². The van der Waals surface area contributed by atoms with Crippen molar-refractivity contribution < 1.29 is 0 Å². The fourth-order valence-corrected chi connectivity index (χ4v) is 3.33. The fraction of sp³-hybridized carbons (Fsp3) is 1.00. The highest BCUT2D eigenvalue weighted by atomic mass is 15.2. The Morgan fingerprint density at radius 1 is 1.18 bits per heavy atom. The maximum atomic E-state index is 3.82. The Balaban J connectivity index is 1.57. The predicted molar refractivity (Wildman–Crippen MR) is 72.1 cm³/mol. The monoisotopic (exact) mass is 236 g/mol. The molecule has 1 saturated heterocycles. The van der Waals surface area contributed by atoms with Crippen molar-refractivity contribution in [3.8, 4) is 0 Å². The van der Waals surface area contributed by atoms with Gasteiger partial charge < -0.3 is 5.32 Å². The van der Waals surface area contributed by atoms with E-state index in [1.54, 1.807) is 0 Å². The average molecular weight is 236 g/mol. The topological polar surface area (TPSA) is 15.3 Å². The molecule has 2 heteroatoms. The number of hydrogen-bond donors (Lipinski definition) is 1. The minimum atomic E-state index is 0.811. The molecule has 3 aliphatic rings. The van der Waals surface area contributed by atoms with Crippen LogP contribution in [0.3, 0.4) is 0 Å². The second-order valence-electron chi connectivity index (χ2n) is 7.03. The molecule has 2 unspecified atom stereocenters. The first kappa shape index (κ1) is 12.0. The summed E-state index contributed by atoms with van der Waals surface area (Å²) < 4.78 is 0. The highest BCUT2D eigenvalue weighted by Gasteiger charge is 2.38. The molecular weight excluding hydrogens is 208 g/mol. The van der Waals surface area contributed by atoms with Crippen molar-refractivity contribution in [2.45, 2.75) is 58.0 Å². The van der Waals surface area contributed by atoms with Gasteiger partial charge in [0, 0.05) is 31.7 Å². The van der Waals surface area contributed by atoms with Gasteiger partial charge in [0.15, 0.2) is 0 Å². The van der Waals surface area contributed by atoms with E-state index in [-0.39, 0.29) is 0 Å². The summed E-state index contributed by atoms with van der Waals surface area (Å²) in [5.74, 6) is 2.89. The Bertz CT molecular complexity index is 256. The minimum absolute atomic E-state index is 0.811. The third-order valence-corrected chi connectivity index (χ3v) is 4.69. The number of piperazine rings is 1. The van der Waals surface area contributed by atoms with Crippen molar-refractivity contribution in [3.63, 3.8) is 0 Å². The maximum absolute atomic E-state index is 3.82. The molecular formula is C15H28N2. The van der Waals surface area contributed by atoms with Crippen molar-refractivity contribution >= 4 is 0 Å². The molecule has 0 spiro atoms. The van der Waals surface area contributed by atoms with Crippen molar-refractivity contribution in [2.24, 2.45) is 17.8 Å². The Kier molecular flexibility index (Phi) is 3.45. The molecule has 2 saturated carbocycles. The van der Waals surface area contributed by atoms with Crippen molar-refractivity contribution in [3.05, 3.63) is 0 Å². The van der Waals surface area contributed by atoms with Crippen LogP contribution < -0.4 is 5.32 Å². The Morgan fingerprint density at radius 3 is 2.53 bits per heavy atom. The summed E-state index contributed by atoms with van der Waals surface area (Å²) in [7, 11) is 0. The summed E-state index contributed by atoms with van der Waals surface area (Å²) in [6.07, 6.45) is 7.31. The highest BCUT2D eigenvalue weighted by molar-refractivity contribution is 4.95. The smallest absolute Gasteiger partial charge is 0.0224 e. The van der Waals surface area contributed by atoms with Gasteiger partial charge in [-0.05, 0) is 49.9 Å². The summed E-state index contributed by atoms with van der Waals surface area (Å²) in [5.41, 5.74) is 0. The summed E-state index contributed by atoms with van der Waals surface area (Å²) in [6.45, 7) is 8.69. The Labute approximate surface area is 106 Å². The lowest BCUT2D eigenvalue weighted by Gasteiger charge is -2.41. The van der Waals surface area contributed by atoms with E-state index < -0.39 is 0 Å². The van der Waals surface area contributed by atoms with E-state index in [2.05, 4.69) is 24.1 Å². The van der Waals surface area contributed by atoms with E-state index >= 15 is 0 Å². The molecule has 0 amide bonds. The first-order valence-corrected chi connectivity index (χ1v) is 7.70. The molecule has 0 radical (unpaired) electrons. The van der Waals surface area contributed by atoms with Gasteiger partial charge in [0.05, 0.1) is 0 Å². The standard InChI is InChI=1S/C15H28N2/c1-11(2)7-14-8-16-15(13-5-6-13)10-17(14)9-12-3-4-12/h11-16H,3-10H2,1-2H3. The van der Waals surface area contributed by atoms with Crippen LogP contribution in [-0.4, -0.2) is 36.6 Å². The van der Waals surface area contributed by atoms with Gasteiger partial charge in [-0.2, -0.15) is 0 Å². The van der Waals surface area contributed by atoms with Gasteiger partial charge in [-0.25, -0.2) is 0 Å². The van der Waals surface area contributed by atoms with Gasteiger partial charge in [0.25, 0.3) is 0 Å². The molecule has 3 rings (SSSR count). The first-order valence-electron chi connectivity index (χ1n) is 7.70. The van der Waals surface area contributed by atoms with Crippen LogP contribution in [0.5, 0.6) is 0 Å². The van der Waals surface area contributed by atoms with E-state index in [1.165, 1.54) is 51.7 Å². The number of rotatable bonds is 5. The van der Waals surface area contributed by atoms with Gasteiger partial charge in [-0.15, -0.1) is 0 Å². The van der Waals surface area contributed by atoms with Crippen LogP contribution >= 0.6 is 0 Å². The summed E-state index contributed by atoms with van der Waals surface area (Å²) in [5, 5.41) is 3.82. The Morgan fingerprint density at radius 2 is 1.94 bits per heavy atom. The highest BCUT2D eigenvalue weighted by Crippen LogP contribution is 2.36. The van der Waals surface area contributed by atoms with Crippen molar-refractivity contribution in [2.75, 3.05) is 19.6 Å². The van der Waals surface area contributed by atoms with Crippen LogP contribution in [0, 0.1) is 17.8 Å². The molecule has 1 aliphatic heterocycles. The second kappa shape index (κ2) is 4.89. The van der Waals surface area contributed by atoms with Crippen molar-refractivity contribution in [1.82, 2.24) is 10.2 Å². The summed E-state index contributed by atoms with van der Waals surface area (Å²) in [4.78, 5) is 2.83. The van der Waals surface area contributed by atoms with Crippen LogP contribution in [0.15, 0.2) is 0 Å². The normalized spacial score (nSPS) is 35.5. The zero-order valence-electron chi connectivity index (χ0n) is 11.5. The van der Waals surface area contributed by atoms with Gasteiger partial charge >= 0.3 is 0 Å². The third-order valence-electron chi connectivity index (χ3n) is 4.69. The number of hydrogen-bond acceptors (Lipinski definition) is 2. The molecule has 2 atom stereocenters. The molecule has 17 heavy (non-hydrogen) atoms. The lowest BCUT2D eigenvalue weighted by atomic mass is 9.97. The molecule has 98 valence electrons. The zero-order valence-corrected chi connectivity index (χ0v) is 11.5. The lowest BCUT2D eigenvalue weighted by Crippen LogP contribution is -2.57. The van der Waals surface area contributed by atoms with Crippen LogP contribution in [0.25, 0.3) is 0 Å². The predicted octanol–water partition coefficient (Wildman–Crippen LogP) is 2.49. The molecule has 1 N–H and O–H groups in total. The molecule has 0 aromatic rings. The van der Waals surface area contributed by atoms with Crippen LogP contribution in [0.4, 0.5) is 0 Å². The van der Waals surface area contributed by atoms with Gasteiger partial charge in [-0.3, -0.25) is 4.90 Å². The van der Waals surface area contributed by atoms with Crippen molar-refractivity contribution in [1.29, 1.82) is 0 Å². The fourth-order valence-electron chi connectivity index (χ4n) is 3.33. The average Bonchev–Trinajstić information content (AvgIpc) is 3.13. The SMILES string of the molecule is CC(C)CC1CNC(C2CC2)CN1CC1CC1. The molecule has 1 heterocycles. The zero-order chi connectivity index (χ0) is 11.8. The third kappa shape index (κ3) is 3.23. The lowest BCUT2D eigenvalue weighted by molar-refractivity contribution is 0.102. The largest absolute Gasteiger partial charge is 0.311 e. The van der Waals surface area contributed by atoms with Gasteiger partial charge in [-0.1, -0.05) is 13.8 Å².